The molecule has 174 valence electrons. The van der Waals surface area contributed by atoms with Crippen LogP contribution in [0.2, 0.25) is 0 Å². The van der Waals surface area contributed by atoms with Crippen LogP contribution in [-0.2, 0) is 26.1 Å². The Hall–Kier alpha value is -3.93. The van der Waals surface area contributed by atoms with Gasteiger partial charge in [0.15, 0.2) is 11.3 Å². The Bertz CT molecular complexity index is 1390. The van der Waals surface area contributed by atoms with Crippen molar-refractivity contribution in [2.45, 2.75) is 32.5 Å². The molecule has 1 aromatic heterocycles. The predicted molar refractivity (Wildman–Crippen MR) is 129 cm³/mol. The van der Waals surface area contributed by atoms with Crippen LogP contribution in [0.4, 0.5) is 0 Å². The zero-order valence-electron chi connectivity index (χ0n) is 19.3. The van der Waals surface area contributed by atoms with Crippen molar-refractivity contribution < 1.29 is 23.4 Å². The van der Waals surface area contributed by atoms with Crippen molar-refractivity contribution in [3.05, 3.63) is 93.3 Å². The van der Waals surface area contributed by atoms with E-state index in [1.54, 1.807) is 14.2 Å². The van der Waals surface area contributed by atoms with Crippen molar-refractivity contribution in [3.8, 4) is 23.0 Å². The van der Waals surface area contributed by atoms with E-state index >= 15 is 0 Å². The molecule has 0 amide bonds. The summed E-state index contributed by atoms with van der Waals surface area (Å²) in [5, 5.41) is 0.904. The lowest BCUT2D eigenvalue weighted by atomic mass is 10.1. The van der Waals surface area contributed by atoms with Crippen molar-refractivity contribution in [1.82, 2.24) is 0 Å². The SMILES string of the molecule is COc1cccc(COc2ccc3c4c(c(=O)oc3c2OCc2cccc(OC)c2)CCC4)c1. The molecule has 3 aromatic carbocycles. The first-order valence-corrected chi connectivity index (χ1v) is 11.3. The van der Waals surface area contributed by atoms with Gasteiger partial charge in [0.05, 0.1) is 14.2 Å². The molecule has 6 nitrogen and oxygen atoms in total. The first-order chi connectivity index (χ1) is 16.7. The number of ether oxygens (including phenoxy) is 4. The van der Waals surface area contributed by atoms with E-state index < -0.39 is 0 Å². The lowest BCUT2D eigenvalue weighted by molar-refractivity contribution is 0.254. The van der Waals surface area contributed by atoms with E-state index in [2.05, 4.69) is 0 Å². The van der Waals surface area contributed by atoms with Crippen LogP contribution in [0.1, 0.15) is 28.7 Å². The van der Waals surface area contributed by atoms with Crippen LogP contribution in [-0.4, -0.2) is 14.2 Å². The second kappa shape index (κ2) is 9.51. The maximum Gasteiger partial charge on any atom is 0.339 e. The lowest BCUT2D eigenvalue weighted by Gasteiger charge is -2.16. The Balaban J connectivity index is 1.52. The van der Waals surface area contributed by atoms with Gasteiger partial charge in [0.1, 0.15) is 24.7 Å². The highest BCUT2D eigenvalue weighted by atomic mass is 16.5. The van der Waals surface area contributed by atoms with Crippen molar-refractivity contribution >= 4 is 11.0 Å². The van der Waals surface area contributed by atoms with Gasteiger partial charge in [-0.3, -0.25) is 0 Å². The zero-order valence-corrected chi connectivity index (χ0v) is 19.3. The van der Waals surface area contributed by atoms with Gasteiger partial charge in [-0.05, 0) is 72.4 Å². The van der Waals surface area contributed by atoms with E-state index in [-0.39, 0.29) is 12.2 Å². The average molecular weight is 459 g/mol. The maximum atomic E-state index is 12.7. The minimum atomic E-state index is -0.295. The van der Waals surface area contributed by atoms with E-state index in [0.29, 0.717) is 23.7 Å². The minimum Gasteiger partial charge on any atom is -0.497 e. The number of fused-ring (bicyclic) bond motifs is 3. The van der Waals surface area contributed by atoms with E-state index in [9.17, 15) is 4.79 Å². The molecule has 0 saturated carbocycles. The summed E-state index contributed by atoms with van der Waals surface area (Å²) in [6, 6.07) is 19.2. The maximum absolute atomic E-state index is 12.7. The summed E-state index contributed by atoms with van der Waals surface area (Å²) in [7, 11) is 3.26. The third-order valence-corrected chi connectivity index (χ3v) is 6.11. The standard InChI is InChI=1S/C28H26O6/c1-30-20-8-3-6-18(14-20)16-32-25-13-12-23-22-10-5-11-24(22)28(29)34-26(23)27(25)33-17-19-7-4-9-21(15-19)31-2/h3-4,6-9,12-15H,5,10-11,16-17H2,1-2H3. The molecule has 0 fully saturated rings. The van der Waals surface area contributed by atoms with Crippen LogP contribution in [0, 0.1) is 0 Å². The minimum absolute atomic E-state index is 0.270. The van der Waals surface area contributed by atoms with Crippen LogP contribution >= 0.6 is 0 Å². The Morgan fingerprint density at radius 1 is 0.794 bits per heavy atom. The monoisotopic (exact) mass is 458 g/mol. The molecule has 4 aromatic rings. The van der Waals surface area contributed by atoms with Gasteiger partial charge in [0.25, 0.3) is 0 Å². The zero-order chi connectivity index (χ0) is 23.5. The van der Waals surface area contributed by atoms with Crippen LogP contribution < -0.4 is 24.6 Å². The van der Waals surface area contributed by atoms with E-state index in [1.165, 1.54) is 0 Å². The third kappa shape index (κ3) is 4.31. The number of aryl methyl sites for hydroxylation is 1. The summed E-state index contributed by atoms with van der Waals surface area (Å²) >= 11 is 0. The van der Waals surface area contributed by atoms with Gasteiger partial charge < -0.3 is 23.4 Å². The van der Waals surface area contributed by atoms with Crippen molar-refractivity contribution in [2.75, 3.05) is 14.2 Å². The molecule has 0 radical (unpaired) electrons. The number of benzene rings is 3. The normalized spacial score (nSPS) is 12.4. The molecule has 0 atom stereocenters. The van der Waals surface area contributed by atoms with Crippen LogP contribution in [0.3, 0.4) is 0 Å². The molecule has 5 rings (SSSR count). The third-order valence-electron chi connectivity index (χ3n) is 6.11. The predicted octanol–water partition coefficient (Wildman–Crippen LogP) is 5.46. The van der Waals surface area contributed by atoms with Crippen molar-refractivity contribution in [2.24, 2.45) is 0 Å². The van der Waals surface area contributed by atoms with Gasteiger partial charge >= 0.3 is 5.63 Å². The summed E-state index contributed by atoms with van der Waals surface area (Å²) in [6.45, 7) is 0.583. The molecule has 1 aliphatic rings. The fourth-order valence-electron chi connectivity index (χ4n) is 4.40. The average Bonchev–Trinajstić information content (AvgIpc) is 3.38. The summed E-state index contributed by atoms with van der Waals surface area (Å²) in [4.78, 5) is 12.7. The molecular formula is C28H26O6. The quantitative estimate of drug-likeness (QED) is 0.327. The van der Waals surface area contributed by atoms with Gasteiger partial charge in [0, 0.05) is 10.9 Å². The summed E-state index contributed by atoms with van der Waals surface area (Å²) in [5.41, 5.74) is 3.84. The summed E-state index contributed by atoms with van der Waals surface area (Å²) in [6.07, 6.45) is 2.56. The van der Waals surface area contributed by atoms with Gasteiger partial charge in [-0.1, -0.05) is 24.3 Å². The van der Waals surface area contributed by atoms with Gasteiger partial charge in [-0.15, -0.1) is 0 Å². The molecule has 1 aliphatic carbocycles. The van der Waals surface area contributed by atoms with Crippen molar-refractivity contribution in [3.63, 3.8) is 0 Å². The lowest BCUT2D eigenvalue weighted by Crippen LogP contribution is -2.08. The molecule has 0 aliphatic heterocycles. The second-order valence-corrected chi connectivity index (χ2v) is 8.25. The molecule has 1 heterocycles. The highest BCUT2D eigenvalue weighted by Crippen LogP contribution is 2.39. The summed E-state index contributed by atoms with van der Waals surface area (Å²) in [5.74, 6) is 2.45. The number of hydrogen-bond donors (Lipinski definition) is 0. The molecule has 6 heteroatoms. The number of methoxy groups -OCH3 is 2. The molecule has 0 spiro atoms. The van der Waals surface area contributed by atoms with Crippen molar-refractivity contribution in [1.29, 1.82) is 0 Å². The fraction of sp³-hybridized carbons (Fsp3) is 0.250. The number of rotatable bonds is 8. The molecule has 34 heavy (non-hydrogen) atoms. The second-order valence-electron chi connectivity index (χ2n) is 8.25. The highest BCUT2D eigenvalue weighted by Gasteiger charge is 2.23. The van der Waals surface area contributed by atoms with Gasteiger partial charge in [0.2, 0.25) is 5.75 Å². The Morgan fingerprint density at radius 3 is 2.12 bits per heavy atom. The van der Waals surface area contributed by atoms with E-state index in [1.807, 2.05) is 60.7 Å². The highest BCUT2D eigenvalue weighted by molar-refractivity contribution is 5.89. The first-order valence-electron chi connectivity index (χ1n) is 11.3. The van der Waals surface area contributed by atoms with E-state index in [0.717, 1.165) is 58.4 Å². The van der Waals surface area contributed by atoms with E-state index in [4.69, 9.17) is 23.4 Å². The molecule has 0 saturated heterocycles. The largest absolute Gasteiger partial charge is 0.497 e. The Morgan fingerprint density at radius 2 is 1.44 bits per heavy atom. The van der Waals surface area contributed by atoms with Gasteiger partial charge in [-0.25, -0.2) is 4.79 Å². The van der Waals surface area contributed by atoms with Crippen LogP contribution in [0.5, 0.6) is 23.0 Å². The first kappa shape index (κ1) is 21.9. The Kier molecular flexibility index (Phi) is 6.12. The molecule has 0 bridgehead atoms. The van der Waals surface area contributed by atoms with Crippen LogP contribution in [0.25, 0.3) is 11.0 Å². The molecular weight excluding hydrogens is 432 g/mol. The molecule has 0 unspecified atom stereocenters. The molecule has 0 N–H and O–H groups in total. The fourth-order valence-corrected chi connectivity index (χ4v) is 4.40. The van der Waals surface area contributed by atoms with Crippen LogP contribution in [0.15, 0.2) is 69.9 Å². The smallest absolute Gasteiger partial charge is 0.339 e. The summed E-state index contributed by atoms with van der Waals surface area (Å²) < 4.78 is 28.8. The topological polar surface area (TPSA) is 67.1 Å². The van der Waals surface area contributed by atoms with Gasteiger partial charge in [-0.2, -0.15) is 0 Å². The number of hydrogen-bond acceptors (Lipinski definition) is 6. The Labute approximate surface area is 197 Å².